The third-order valence-electron chi connectivity index (χ3n) is 3.55. The van der Waals surface area contributed by atoms with Gasteiger partial charge in [-0.05, 0) is 67.8 Å². The second-order valence-electron chi connectivity index (χ2n) is 5.66. The van der Waals surface area contributed by atoms with Gasteiger partial charge in [0.2, 0.25) is 10.0 Å². The fraction of sp³-hybridized carbons (Fsp3) is 0.235. The average molecular weight is 332 g/mol. The van der Waals surface area contributed by atoms with Gasteiger partial charge < -0.3 is 5.32 Å². The fourth-order valence-corrected chi connectivity index (χ4v) is 2.77. The number of rotatable bonds is 4. The van der Waals surface area contributed by atoms with Gasteiger partial charge in [-0.2, -0.15) is 0 Å². The minimum Gasteiger partial charge on any atom is -0.322 e. The molecule has 0 spiro atoms. The molecule has 6 heteroatoms. The molecule has 0 unspecified atom stereocenters. The van der Waals surface area contributed by atoms with Crippen molar-refractivity contribution in [3.8, 4) is 0 Å². The molecule has 0 saturated heterocycles. The van der Waals surface area contributed by atoms with E-state index in [-0.39, 0.29) is 5.91 Å². The van der Waals surface area contributed by atoms with Crippen LogP contribution in [0.15, 0.2) is 36.4 Å². The zero-order valence-corrected chi connectivity index (χ0v) is 14.4. The minimum absolute atomic E-state index is 0.234. The normalized spacial score (nSPS) is 11.1. The van der Waals surface area contributed by atoms with Crippen LogP contribution < -0.4 is 10.0 Å². The Kier molecular flexibility index (Phi) is 4.75. The van der Waals surface area contributed by atoms with Crippen LogP contribution in [-0.2, 0) is 10.0 Å². The van der Waals surface area contributed by atoms with Gasteiger partial charge in [0.15, 0.2) is 0 Å². The lowest BCUT2D eigenvalue weighted by molar-refractivity contribution is 0.102. The summed E-state index contributed by atoms with van der Waals surface area (Å²) in [6.45, 7) is 5.75. The summed E-state index contributed by atoms with van der Waals surface area (Å²) >= 11 is 0. The van der Waals surface area contributed by atoms with E-state index in [0.717, 1.165) is 23.1 Å². The molecular formula is C17H20N2O3S. The zero-order valence-electron chi connectivity index (χ0n) is 13.6. The first-order valence-corrected chi connectivity index (χ1v) is 9.02. The lowest BCUT2D eigenvalue weighted by atomic mass is 10.1. The maximum atomic E-state index is 12.3. The van der Waals surface area contributed by atoms with E-state index in [0.29, 0.717) is 16.8 Å². The molecule has 0 aliphatic heterocycles. The number of benzene rings is 2. The van der Waals surface area contributed by atoms with Gasteiger partial charge in [0.25, 0.3) is 5.91 Å². The van der Waals surface area contributed by atoms with E-state index in [2.05, 4.69) is 10.0 Å². The molecule has 5 nitrogen and oxygen atoms in total. The predicted molar refractivity (Wildman–Crippen MR) is 93.5 cm³/mol. The summed E-state index contributed by atoms with van der Waals surface area (Å²) in [6.07, 6.45) is 1.09. The maximum absolute atomic E-state index is 12.3. The van der Waals surface area contributed by atoms with E-state index in [4.69, 9.17) is 0 Å². The summed E-state index contributed by atoms with van der Waals surface area (Å²) in [7, 11) is -3.34. The topological polar surface area (TPSA) is 75.3 Å². The summed E-state index contributed by atoms with van der Waals surface area (Å²) in [5.74, 6) is -0.234. The van der Waals surface area contributed by atoms with Crippen molar-refractivity contribution in [2.75, 3.05) is 16.3 Å². The molecule has 2 rings (SSSR count). The van der Waals surface area contributed by atoms with Gasteiger partial charge in [-0.15, -0.1) is 0 Å². The molecule has 0 fully saturated rings. The van der Waals surface area contributed by atoms with E-state index < -0.39 is 10.0 Å². The highest BCUT2D eigenvalue weighted by Crippen LogP contribution is 2.19. The molecule has 0 radical (unpaired) electrons. The van der Waals surface area contributed by atoms with Gasteiger partial charge >= 0.3 is 0 Å². The van der Waals surface area contributed by atoms with Crippen molar-refractivity contribution in [3.05, 3.63) is 58.7 Å². The van der Waals surface area contributed by atoms with Crippen molar-refractivity contribution >= 4 is 27.3 Å². The molecule has 0 aliphatic carbocycles. The molecule has 0 aromatic heterocycles. The number of amides is 1. The summed E-state index contributed by atoms with van der Waals surface area (Å²) in [6, 6.07) is 10.6. The van der Waals surface area contributed by atoms with Crippen molar-refractivity contribution in [1.29, 1.82) is 0 Å². The highest BCUT2D eigenvalue weighted by molar-refractivity contribution is 7.92. The van der Waals surface area contributed by atoms with E-state index in [1.165, 1.54) is 0 Å². The van der Waals surface area contributed by atoms with Crippen LogP contribution in [-0.4, -0.2) is 20.6 Å². The lowest BCUT2D eigenvalue weighted by Gasteiger charge is -2.11. The highest BCUT2D eigenvalue weighted by Gasteiger charge is 2.10. The van der Waals surface area contributed by atoms with E-state index in [9.17, 15) is 13.2 Å². The average Bonchev–Trinajstić information content (AvgIpc) is 2.43. The van der Waals surface area contributed by atoms with Crippen LogP contribution >= 0.6 is 0 Å². The monoisotopic (exact) mass is 332 g/mol. The summed E-state index contributed by atoms with van der Waals surface area (Å²) in [5.41, 5.74) is 4.62. The Morgan fingerprint density at radius 2 is 1.61 bits per heavy atom. The Bertz CT molecular complexity index is 858. The Balaban J connectivity index is 2.19. The second-order valence-corrected chi connectivity index (χ2v) is 7.41. The largest absolute Gasteiger partial charge is 0.322 e. The minimum atomic E-state index is -3.34. The van der Waals surface area contributed by atoms with E-state index >= 15 is 0 Å². The van der Waals surface area contributed by atoms with E-state index in [1.807, 2.05) is 32.0 Å². The smallest absolute Gasteiger partial charge is 0.255 e. The maximum Gasteiger partial charge on any atom is 0.255 e. The number of hydrogen-bond acceptors (Lipinski definition) is 3. The molecule has 2 N–H and O–H groups in total. The van der Waals surface area contributed by atoms with Gasteiger partial charge in [0, 0.05) is 11.3 Å². The van der Waals surface area contributed by atoms with Gasteiger partial charge in [0.05, 0.1) is 11.9 Å². The Morgan fingerprint density at radius 3 is 2.17 bits per heavy atom. The number of carbonyl (C=O) groups excluding carboxylic acids is 1. The van der Waals surface area contributed by atoms with Gasteiger partial charge in [-0.1, -0.05) is 6.07 Å². The van der Waals surface area contributed by atoms with Crippen molar-refractivity contribution < 1.29 is 13.2 Å². The number of aryl methyl sites for hydroxylation is 3. The van der Waals surface area contributed by atoms with Crippen molar-refractivity contribution in [3.63, 3.8) is 0 Å². The molecule has 122 valence electrons. The van der Waals surface area contributed by atoms with Gasteiger partial charge in [-0.25, -0.2) is 8.42 Å². The SMILES string of the molecule is Cc1ccc(NC(=O)c2ccc(NS(C)(=O)=O)c(C)c2)cc1C. The number of anilines is 2. The summed E-state index contributed by atoms with van der Waals surface area (Å²) in [5, 5.41) is 2.84. The van der Waals surface area contributed by atoms with Gasteiger partial charge in [0.1, 0.15) is 0 Å². The highest BCUT2D eigenvalue weighted by atomic mass is 32.2. The second kappa shape index (κ2) is 6.42. The Labute approximate surface area is 136 Å². The van der Waals surface area contributed by atoms with Crippen molar-refractivity contribution in [2.45, 2.75) is 20.8 Å². The van der Waals surface area contributed by atoms with Crippen LogP contribution in [0.2, 0.25) is 0 Å². The third kappa shape index (κ3) is 4.56. The van der Waals surface area contributed by atoms with Crippen LogP contribution in [0.4, 0.5) is 11.4 Å². The van der Waals surface area contributed by atoms with Crippen LogP contribution in [0, 0.1) is 20.8 Å². The molecular weight excluding hydrogens is 312 g/mol. The number of carbonyl (C=O) groups is 1. The predicted octanol–water partition coefficient (Wildman–Crippen LogP) is 3.24. The van der Waals surface area contributed by atoms with Crippen LogP contribution in [0.5, 0.6) is 0 Å². The molecule has 0 atom stereocenters. The molecule has 0 heterocycles. The quantitative estimate of drug-likeness (QED) is 0.902. The molecule has 2 aromatic carbocycles. The molecule has 0 bridgehead atoms. The van der Waals surface area contributed by atoms with Crippen LogP contribution in [0.3, 0.4) is 0 Å². The number of sulfonamides is 1. The van der Waals surface area contributed by atoms with E-state index in [1.54, 1.807) is 25.1 Å². The van der Waals surface area contributed by atoms with Crippen molar-refractivity contribution in [2.24, 2.45) is 0 Å². The van der Waals surface area contributed by atoms with Gasteiger partial charge in [-0.3, -0.25) is 9.52 Å². The van der Waals surface area contributed by atoms with Crippen LogP contribution in [0.25, 0.3) is 0 Å². The molecule has 0 saturated carbocycles. The zero-order chi connectivity index (χ0) is 17.2. The first-order chi connectivity index (χ1) is 10.7. The molecule has 2 aromatic rings. The van der Waals surface area contributed by atoms with Crippen molar-refractivity contribution in [1.82, 2.24) is 0 Å². The standard InChI is InChI=1S/C17H20N2O3S/c1-11-5-7-15(10-12(11)2)18-17(20)14-6-8-16(13(3)9-14)19-23(4,21)22/h5-10,19H,1-4H3,(H,18,20). The lowest BCUT2D eigenvalue weighted by Crippen LogP contribution is -2.14. The molecule has 23 heavy (non-hydrogen) atoms. The first-order valence-electron chi connectivity index (χ1n) is 7.13. The summed E-state index contributed by atoms with van der Waals surface area (Å²) in [4.78, 5) is 12.3. The molecule has 0 aliphatic rings. The fourth-order valence-electron chi connectivity index (χ4n) is 2.14. The van der Waals surface area contributed by atoms with Crippen LogP contribution in [0.1, 0.15) is 27.0 Å². The Hall–Kier alpha value is -2.34. The Morgan fingerprint density at radius 1 is 0.913 bits per heavy atom. The summed E-state index contributed by atoms with van der Waals surface area (Å²) < 4.78 is 25.0. The first kappa shape index (κ1) is 17.0. The number of hydrogen-bond donors (Lipinski definition) is 2. The third-order valence-corrected chi connectivity index (χ3v) is 4.14. The number of nitrogens with one attached hydrogen (secondary N) is 2. The molecule has 1 amide bonds.